The second-order valence-corrected chi connectivity index (χ2v) is 8.16. The number of pyridine rings is 1. The van der Waals surface area contributed by atoms with E-state index in [4.69, 9.17) is 0 Å². The molecule has 3 rings (SSSR count). The van der Waals surface area contributed by atoms with Gasteiger partial charge in [0.25, 0.3) is 0 Å². The number of aliphatic imine (C=N–C) groups is 1. The fraction of sp³-hybridized carbons (Fsp3) is 0.278. The molecule has 0 bridgehead atoms. The number of rotatable bonds is 6. The van der Waals surface area contributed by atoms with Crippen molar-refractivity contribution in [3.05, 3.63) is 59.0 Å². The second kappa shape index (κ2) is 10.9. The number of thioether (sulfide) groups is 1. The lowest BCUT2D eigenvalue weighted by Crippen LogP contribution is -2.39. The lowest BCUT2D eigenvalue weighted by Gasteiger charge is -2.15. The molecule has 0 amide bonds. The minimum atomic E-state index is 0. The average Bonchev–Trinajstić information content (AvgIpc) is 3.07. The van der Waals surface area contributed by atoms with E-state index in [9.17, 15) is 0 Å². The molecule has 1 unspecified atom stereocenters. The number of benzene rings is 1. The molecule has 0 spiro atoms. The molecule has 3 aromatic rings. The summed E-state index contributed by atoms with van der Waals surface area (Å²) in [6.07, 6.45) is 1.96. The molecule has 2 heterocycles. The summed E-state index contributed by atoms with van der Waals surface area (Å²) >= 11 is 5.29. The number of nitrogens with zero attached hydrogens (tertiary/aromatic N) is 4. The van der Waals surface area contributed by atoms with Crippen molar-refractivity contribution in [2.75, 3.05) is 13.6 Å². The van der Waals surface area contributed by atoms with Crippen LogP contribution < -0.4 is 10.6 Å². The fourth-order valence-electron chi connectivity index (χ4n) is 2.42. The highest BCUT2D eigenvalue weighted by molar-refractivity contribution is 14.0. The molecule has 0 saturated heterocycles. The third-order valence-corrected chi connectivity index (χ3v) is 5.37. The van der Waals surface area contributed by atoms with E-state index in [-0.39, 0.29) is 24.0 Å². The van der Waals surface area contributed by atoms with Crippen molar-refractivity contribution in [2.45, 2.75) is 23.6 Å². The highest BCUT2D eigenvalue weighted by Crippen LogP contribution is 2.24. The van der Waals surface area contributed by atoms with E-state index < -0.39 is 0 Å². The van der Waals surface area contributed by atoms with Crippen LogP contribution in [0.2, 0.25) is 0 Å². The number of fused-ring (bicyclic) bond motifs is 1. The van der Waals surface area contributed by atoms with Crippen LogP contribution in [0.15, 0.2) is 63.0 Å². The summed E-state index contributed by atoms with van der Waals surface area (Å²) in [6, 6.07) is 14.2. The quantitative estimate of drug-likeness (QED) is 0.207. The van der Waals surface area contributed by atoms with Crippen LogP contribution in [-0.2, 0) is 6.54 Å². The topological polar surface area (TPSA) is 66.6 Å². The van der Waals surface area contributed by atoms with E-state index >= 15 is 0 Å². The SMILES string of the molecule is CN=C(NCc1nnc2ccccn12)NCC(C)Sc1ccc(Br)cc1.I. The molecule has 0 aliphatic heterocycles. The van der Waals surface area contributed by atoms with Crippen molar-refractivity contribution in [3.63, 3.8) is 0 Å². The Morgan fingerprint density at radius 3 is 2.70 bits per heavy atom. The maximum Gasteiger partial charge on any atom is 0.191 e. The van der Waals surface area contributed by atoms with Crippen molar-refractivity contribution in [1.29, 1.82) is 0 Å². The van der Waals surface area contributed by atoms with Gasteiger partial charge in [0, 0.05) is 34.4 Å². The van der Waals surface area contributed by atoms with Crippen molar-refractivity contribution in [2.24, 2.45) is 4.99 Å². The number of guanidine groups is 1. The Labute approximate surface area is 188 Å². The van der Waals surface area contributed by atoms with Gasteiger partial charge in [-0.15, -0.1) is 45.9 Å². The van der Waals surface area contributed by atoms with Crippen LogP contribution >= 0.6 is 51.7 Å². The monoisotopic (exact) mass is 560 g/mol. The molecule has 2 N–H and O–H groups in total. The summed E-state index contributed by atoms with van der Waals surface area (Å²) in [5.74, 6) is 1.60. The van der Waals surface area contributed by atoms with Gasteiger partial charge < -0.3 is 10.6 Å². The predicted octanol–water partition coefficient (Wildman–Crippen LogP) is 3.96. The molecule has 1 aromatic carbocycles. The molecule has 1 atom stereocenters. The van der Waals surface area contributed by atoms with Crippen LogP contribution in [0.25, 0.3) is 5.65 Å². The first-order valence-corrected chi connectivity index (χ1v) is 9.98. The Kier molecular flexibility index (Phi) is 8.84. The van der Waals surface area contributed by atoms with Gasteiger partial charge in [-0.2, -0.15) is 0 Å². The average molecular weight is 561 g/mol. The highest BCUT2D eigenvalue weighted by Gasteiger charge is 2.08. The van der Waals surface area contributed by atoms with Crippen molar-refractivity contribution in [1.82, 2.24) is 25.2 Å². The maximum absolute atomic E-state index is 4.28. The number of aromatic nitrogens is 3. The van der Waals surface area contributed by atoms with Crippen molar-refractivity contribution < 1.29 is 0 Å². The van der Waals surface area contributed by atoms with Crippen LogP contribution in [0.1, 0.15) is 12.7 Å². The van der Waals surface area contributed by atoms with Gasteiger partial charge >= 0.3 is 0 Å². The van der Waals surface area contributed by atoms with Gasteiger partial charge in [0.1, 0.15) is 0 Å². The predicted molar refractivity (Wildman–Crippen MR) is 126 cm³/mol. The highest BCUT2D eigenvalue weighted by atomic mass is 127. The third-order valence-electron chi connectivity index (χ3n) is 3.73. The van der Waals surface area contributed by atoms with Gasteiger partial charge in [-0.25, -0.2) is 0 Å². The molecule has 0 saturated carbocycles. The summed E-state index contributed by atoms with van der Waals surface area (Å²) in [5, 5.41) is 15.4. The van der Waals surface area contributed by atoms with E-state index in [0.29, 0.717) is 11.8 Å². The molecule has 9 heteroatoms. The third kappa shape index (κ3) is 6.35. The fourth-order valence-corrected chi connectivity index (χ4v) is 3.61. The zero-order valence-electron chi connectivity index (χ0n) is 15.1. The number of hydrogen-bond donors (Lipinski definition) is 2. The van der Waals surface area contributed by atoms with Crippen molar-refractivity contribution in [3.8, 4) is 0 Å². The largest absolute Gasteiger partial charge is 0.355 e. The maximum atomic E-state index is 4.28. The smallest absolute Gasteiger partial charge is 0.191 e. The van der Waals surface area contributed by atoms with E-state index in [2.05, 4.69) is 72.9 Å². The molecular weight excluding hydrogens is 539 g/mol. The van der Waals surface area contributed by atoms with Crippen LogP contribution in [0.3, 0.4) is 0 Å². The van der Waals surface area contributed by atoms with Gasteiger partial charge in [0.15, 0.2) is 17.4 Å². The minimum Gasteiger partial charge on any atom is -0.355 e. The van der Waals surface area contributed by atoms with Crippen LogP contribution in [0.5, 0.6) is 0 Å². The van der Waals surface area contributed by atoms with E-state index in [1.54, 1.807) is 7.05 Å². The summed E-state index contributed by atoms with van der Waals surface area (Å²) in [4.78, 5) is 5.53. The van der Waals surface area contributed by atoms with Gasteiger partial charge in [-0.1, -0.05) is 28.9 Å². The summed E-state index contributed by atoms with van der Waals surface area (Å²) in [7, 11) is 1.77. The molecule has 0 aliphatic carbocycles. The lowest BCUT2D eigenvalue weighted by atomic mass is 10.4. The summed E-state index contributed by atoms with van der Waals surface area (Å²) in [6.45, 7) is 3.55. The van der Waals surface area contributed by atoms with Crippen LogP contribution in [-0.4, -0.2) is 39.4 Å². The normalized spacial score (nSPS) is 12.5. The molecule has 6 nitrogen and oxygen atoms in total. The Morgan fingerprint density at radius 2 is 1.96 bits per heavy atom. The van der Waals surface area contributed by atoms with Gasteiger partial charge in [0.2, 0.25) is 0 Å². The second-order valence-electron chi connectivity index (χ2n) is 5.73. The number of halogens is 2. The molecule has 0 radical (unpaired) electrons. The Balaban J connectivity index is 0.00000261. The van der Waals surface area contributed by atoms with Gasteiger partial charge in [-0.05, 0) is 36.4 Å². The van der Waals surface area contributed by atoms with Crippen molar-refractivity contribution >= 4 is 63.3 Å². The van der Waals surface area contributed by atoms with Gasteiger partial charge in [-0.3, -0.25) is 9.39 Å². The first-order valence-electron chi connectivity index (χ1n) is 8.31. The summed E-state index contributed by atoms with van der Waals surface area (Å²) in [5.41, 5.74) is 0.840. The molecule has 0 fully saturated rings. The molecule has 0 aliphatic rings. The van der Waals surface area contributed by atoms with Crippen LogP contribution in [0, 0.1) is 0 Å². The van der Waals surface area contributed by atoms with E-state index in [0.717, 1.165) is 28.4 Å². The number of nitrogens with one attached hydrogen (secondary N) is 2. The Hall–Kier alpha value is -1.33. The standard InChI is InChI=1S/C18H21BrN6S.HI/c1-13(26-15-8-6-14(19)7-9-15)11-21-18(20-2)22-12-17-24-23-16-5-3-4-10-25(16)17;/h3-10,13H,11-12H2,1-2H3,(H2,20,21,22);1H. The van der Waals surface area contributed by atoms with Crippen LogP contribution in [0.4, 0.5) is 0 Å². The molecule has 144 valence electrons. The van der Waals surface area contributed by atoms with E-state index in [1.165, 1.54) is 4.90 Å². The molecule has 2 aromatic heterocycles. The Morgan fingerprint density at radius 1 is 1.19 bits per heavy atom. The summed E-state index contributed by atoms with van der Waals surface area (Å²) < 4.78 is 3.06. The zero-order chi connectivity index (χ0) is 18.4. The zero-order valence-corrected chi connectivity index (χ0v) is 19.8. The van der Waals surface area contributed by atoms with Gasteiger partial charge in [0.05, 0.1) is 6.54 Å². The lowest BCUT2D eigenvalue weighted by molar-refractivity contribution is 0.755. The minimum absolute atomic E-state index is 0. The van der Waals surface area contributed by atoms with E-state index in [1.807, 2.05) is 40.6 Å². The molecular formula is C18H22BrIN6S. The first-order chi connectivity index (χ1) is 12.7. The first kappa shape index (κ1) is 22.0. The Bertz CT molecular complexity index is 883. The number of hydrogen-bond acceptors (Lipinski definition) is 4. The molecule has 27 heavy (non-hydrogen) atoms.